The zero-order valence-electron chi connectivity index (χ0n) is 27.4. The molecule has 19 heteroatoms. The van der Waals surface area contributed by atoms with Gasteiger partial charge >= 0.3 is 12.1 Å². The van der Waals surface area contributed by atoms with Gasteiger partial charge < -0.3 is 10.4 Å². The molecule has 7 rings (SSSR count). The third-order valence-corrected chi connectivity index (χ3v) is 8.61. The van der Waals surface area contributed by atoms with E-state index in [-0.39, 0.29) is 22.5 Å². The molecule has 0 spiro atoms. The number of hydrogen-bond donors (Lipinski definition) is 2. The first kappa shape index (κ1) is 36.8. The monoisotopic (exact) mass is 766 g/mol. The molecule has 2 atom stereocenters. The minimum Gasteiger partial charge on any atom is -0.475 e. The number of nitrogens with zero attached hydrogens (tertiary/aromatic N) is 9. The van der Waals surface area contributed by atoms with E-state index >= 15 is 0 Å². The number of halogens is 5. The van der Waals surface area contributed by atoms with E-state index in [1.807, 2.05) is 31.2 Å². The van der Waals surface area contributed by atoms with Crippen molar-refractivity contribution in [2.45, 2.75) is 38.4 Å². The molecule has 6 heterocycles. The number of aliphatic carboxylic acids is 1. The van der Waals surface area contributed by atoms with E-state index in [0.29, 0.717) is 58.3 Å². The van der Waals surface area contributed by atoms with Gasteiger partial charge in [0.15, 0.2) is 5.15 Å². The van der Waals surface area contributed by atoms with Gasteiger partial charge in [0.25, 0.3) is 5.56 Å². The molecule has 1 aromatic carbocycles. The fourth-order valence-corrected chi connectivity index (χ4v) is 5.88. The van der Waals surface area contributed by atoms with Gasteiger partial charge in [0.05, 0.1) is 59.4 Å². The first-order valence-corrected chi connectivity index (χ1v) is 16.6. The predicted octanol–water partition coefficient (Wildman–Crippen LogP) is 6.42. The highest BCUT2D eigenvalue weighted by atomic mass is 35.5. The van der Waals surface area contributed by atoms with Gasteiger partial charge in [-0.25, -0.2) is 19.1 Å². The molecule has 0 unspecified atom stereocenters. The van der Waals surface area contributed by atoms with E-state index in [0.717, 1.165) is 11.3 Å². The molecule has 0 aliphatic carbocycles. The number of fused-ring (bicyclic) bond motifs is 4. The summed E-state index contributed by atoms with van der Waals surface area (Å²) in [5.74, 6) is -3.13. The number of amides is 1. The predicted molar refractivity (Wildman–Crippen MR) is 187 cm³/mol. The van der Waals surface area contributed by atoms with Gasteiger partial charge in [-0.3, -0.25) is 24.1 Å². The summed E-state index contributed by atoms with van der Waals surface area (Å²) in [6.45, 7) is 1.90. The second-order valence-corrected chi connectivity index (χ2v) is 12.6. The van der Waals surface area contributed by atoms with Gasteiger partial charge in [0.2, 0.25) is 5.91 Å². The van der Waals surface area contributed by atoms with E-state index in [9.17, 15) is 22.8 Å². The van der Waals surface area contributed by atoms with Crippen molar-refractivity contribution >= 4 is 40.8 Å². The molecule has 2 N–H and O–H groups in total. The van der Waals surface area contributed by atoms with Crippen LogP contribution in [0.25, 0.3) is 33.9 Å². The number of anilines is 1. The maximum Gasteiger partial charge on any atom is 0.490 e. The van der Waals surface area contributed by atoms with Crippen LogP contribution < -0.4 is 10.9 Å². The molecule has 272 valence electrons. The first-order chi connectivity index (χ1) is 25.3. The molecule has 1 aliphatic heterocycles. The van der Waals surface area contributed by atoms with Crippen molar-refractivity contribution in [3.8, 4) is 33.9 Å². The Labute approximate surface area is 307 Å². The van der Waals surface area contributed by atoms with Crippen LogP contribution in [0.15, 0.2) is 90.6 Å². The van der Waals surface area contributed by atoms with Crippen LogP contribution in [0.4, 0.5) is 18.9 Å². The molecule has 5 aromatic heterocycles. The van der Waals surface area contributed by atoms with Crippen molar-refractivity contribution in [3.05, 3.63) is 112 Å². The van der Waals surface area contributed by atoms with Crippen LogP contribution in [0, 0.1) is 5.92 Å². The molecule has 2 bridgehead atoms. The number of hydrogen-bond acceptors (Lipinski definition) is 9. The Bertz CT molecular complexity index is 2350. The van der Waals surface area contributed by atoms with Crippen molar-refractivity contribution in [1.82, 2.24) is 44.3 Å². The zero-order chi connectivity index (χ0) is 37.9. The number of alkyl halides is 3. The molecule has 0 fully saturated rings. The smallest absolute Gasteiger partial charge is 0.475 e. The minimum atomic E-state index is -5.08. The fraction of sp³-hybridized carbons (Fsp3) is 0.206. The second kappa shape index (κ2) is 15.3. The maximum atomic E-state index is 13.8. The highest BCUT2D eigenvalue weighted by Crippen LogP contribution is 2.33. The molecule has 1 amide bonds. The molecule has 0 saturated carbocycles. The Morgan fingerprint density at radius 1 is 1.00 bits per heavy atom. The number of nitrogens with one attached hydrogen (secondary N) is 1. The summed E-state index contributed by atoms with van der Waals surface area (Å²) in [6, 6.07) is 13.7. The average molecular weight is 768 g/mol. The number of pyridine rings is 2. The normalized spacial score (nSPS) is 15.9. The summed E-state index contributed by atoms with van der Waals surface area (Å²) in [4.78, 5) is 49.5. The zero-order valence-corrected chi connectivity index (χ0v) is 29.0. The minimum absolute atomic E-state index is 0.104. The van der Waals surface area contributed by atoms with Crippen LogP contribution in [0.2, 0.25) is 10.2 Å². The molecule has 14 nitrogen and oxygen atoms in total. The molecule has 0 saturated heterocycles. The van der Waals surface area contributed by atoms with Crippen molar-refractivity contribution in [2.75, 3.05) is 5.32 Å². The van der Waals surface area contributed by atoms with E-state index in [1.54, 1.807) is 58.4 Å². The second-order valence-electron chi connectivity index (χ2n) is 11.8. The largest absolute Gasteiger partial charge is 0.490 e. The first-order valence-electron chi connectivity index (χ1n) is 15.8. The summed E-state index contributed by atoms with van der Waals surface area (Å²) in [6.07, 6.45) is 6.71. The van der Waals surface area contributed by atoms with Crippen LogP contribution in [-0.2, 0) is 9.59 Å². The molecular weight excluding hydrogens is 740 g/mol. The Hall–Kier alpha value is -5.94. The van der Waals surface area contributed by atoms with E-state index < -0.39 is 18.2 Å². The van der Waals surface area contributed by atoms with Crippen molar-refractivity contribution in [3.63, 3.8) is 0 Å². The highest BCUT2D eigenvalue weighted by Gasteiger charge is 2.38. The summed E-state index contributed by atoms with van der Waals surface area (Å²) in [5, 5.41) is 23.6. The lowest BCUT2D eigenvalue weighted by Crippen LogP contribution is -2.27. The third-order valence-electron chi connectivity index (χ3n) is 8.20. The fourth-order valence-electron chi connectivity index (χ4n) is 5.58. The van der Waals surface area contributed by atoms with Gasteiger partial charge in [-0.05, 0) is 55.3 Å². The van der Waals surface area contributed by atoms with E-state index in [1.165, 1.54) is 17.1 Å². The molecule has 0 radical (unpaired) electrons. The standard InChI is InChI=1S/C32H26Cl2N10O2.C2HF3O2/c1-19-4-2-6-28(42-18-37-24(14-30(42)45)23-13-21(33)7-8-27(23)44-17-29(34)39-41-44)25-12-20(9-11-36-25)31-26(38-32(19)46)16-43(40-31)22-5-3-10-35-15-22;3-2(4,5)1(6)7/h3,5,7-19,28H,2,4,6H2,1H3,(H,38,46);(H,6,7)/t19-,28+;/m1./s1. The molecule has 6 aromatic rings. The lowest BCUT2D eigenvalue weighted by molar-refractivity contribution is -0.192. The van der Waals surface area contributed by atoms with Gasteiger partial charge in [0.1, 0.15) is 5.69 Å². The van der Waals surface area contributed by atoms with Crippen molar-refractivity contribution in [2.24, 2.45) is 5.92 Å². The summed E-state index contributed by atoms with van der Waals surface area (Å²) < 4.78 is 36.5. The number of rotatable bonds is 4. The van der Waals surface area contributed by atoms with E-state index in [2.05, 4.69) is 30.6 Å². The third kappa shape index (κ3) is 8.42. The Morgan fingerprint density at radius 2 is 1.79 bits per heavy atom. The number of carboxylic acid groups (broad SMARTS) is 1. The quantitative estimate of drug-likeness (QED) is 0.204. The number of benzene rings is 1. The summed E-state index contributed by atoms with van der Waals surface area (Å²) in [7, 11) is 0. The number of carboxylic acids is 1. The SMILES string of the molecule is C[C@@H]1CCC[C@H](n2cnc(-c3cc(Cl)ccc3-n3cc(Cl)nn3)cc2=O)c2cc(ccn2)-c2nn(-c3cccnc3)cc2NC1=O.O=C(O)C(F)(F)F. The molecule has 1 aliphatic rings. The Kier molecular flexibility index (Phi) is 10.7. The molecule has 53 heavy (non-hydrogen) atoms. The lowest BCUT2D eigenvalue weighted by Gasteiger charge is -2.22. The van der Waals surface area contributed by atoms with Crippen molar-refractivity contribution < 1.29 is 27.9 Å². The van der Waals surface area contributed by atoms with Gasteiger partial charge in [-0.15, -0.1) is 5.10 Å². The number of aromatic nitrogens is 9. The molecular formula is C34H27Cl2F3N10O4. The number of carbonyl (C=O) groups excluding carboxylic acids is 1. The Morgan fingerprint density at radius 3 is 2.47 bits per heavy atom. The summed E-state index contributed by atoms with van der Waals surface area (Å²) in [5.41, 5.74) is 4.67. The topological polar surface area (TPSA) is 176 Å². The maximum absolute atomic E-state index is 13.8. The van der Waals surface area contributed by atoms with Crippen molar-refractivity contribution in [1.29, 1.82) is 0 Å². The van der Waals surface area contributed by atoms with Gasteiger partial charge in [-0.2, -0.15) is 18.3 Å². The highest BCUT2D eigenvalue weighted by molar-refractivity contribution is 6.31. The average Bonchev–Trinajstić information content (AvgIpc) is 3.76. The Balaban J connectivity index is 0.000000626. The lowest BCUT2D eigenvalue weighted by atomic mass is 9.97. The van der Waals surface area contributed by atoms with E-state index in [4.69, 9.17) is 38.2 Å². The van der Waals surface area contributed by atoms with Crippen LogP contribution in [0.5, 0.6) is 0 Å². The van der Waals surface area contributed by atoms with Crippen LogP contribution >= 0.6 is 23.2 Å². The number of carbonyl (C=O) groups is 2. The van der Waals surface area contributed by atoms with Crippen LogP contribution in [0.3, 0.4) is 0 Å². The summed E-state index contributed by atoms with van der Waals surface area (Å²) >= 11 is 12.4. The van der Waals surface area contributed by atoms with Crippen LogP contribution in [0.1, 0.15) is 37.9 Å². The van der Waals surface area contributed by atoms with Crippen LogP contribution in [-0.4, -0.2) is 67.5 Å². The van der Waals surface area contributed by atoms with Gasteiger partial charge in [0, 0.05) is 40.5 Å². The van der Waals surface area contributed by atoms with Gasteiger partial charge in [-0.1, -0.05) is 41.8 Å².